The van der Waals surface area contributed by atoms with Gasteiger partial charge in [0.25, 0.3) is 5.91 Å². The van der Waals surface area contributed by atoms with E-state index in [4.69, 9.17) is 16.3 Å². The molecule has 0 radical (unpaired) electrons. The van der Waals surface area contributed by atoms with E-state index in [2.05, 4.69) is 27.9 Å². The molecule has 4 nitrogen and oxygen atoms in total. The highest BCUT2D eigenvalue weighted by molar-refractivity contribution is 14.1. The molecular weight excluding hydrogens is 439 g/mol. The summed E-state index contributed by atoms with van der Waals surface area (Å²) in [6.07, 6.45) is 1.54. The Labute approximate surface area is 159 Å². The van der Waals surface area contributed by atoms with Crippen LogP contribution in [0.3, 0.4) is 0 Å². The number of anilines is 1. The van der Waals surface area contributed by atoms with Gasteiger partial charge in [0.05, 0.1) is 10.7 Å². The van der Waals surface area contributed by atoms with Crippen molar-refractivity contribution < 1.29 is 9.53 Å². The summed E-state index contributed by atoms with van der Waals surface area (Å²) in [5.41, 5.74) is 2.20. The zero-order valence-corrected chi connectivity index (χ0v) is 16.0. The van der Waals surface area contributed by atoms with Gasteiger partial charge in [-0.3, -0.25) is 4.79 Å². The molecule has 122 valence electrons. The molecule has 0 aliphatic heterocycles. The summed E-state index contributed by atoms with van der Waals surface area (Å²) < 4.78 is 6.09. The Bertz CT molecular complexity index is 857. The van der Waals surface area contributed by atoms with Crippen molar-refractivity contribution in [1.29, 1.82) is 5.26 Å². The Balaban J connectivity index is 2.27. The van der Waals surface area contributed by atoms with Crippen molar-refractivity contribution in [2.24, 2.45) is 0 Å². The minimum absolute atomic E-state index is 0.00958. The monoisotopic (exact) mass is 452 g/mol. The first-order valence-electron chi connectivity index (χ1n) is 6.97. The van der Waals surface area contributed by atoms with Gasteiger partial charge in [-0.05, 0) is 71.0 Å². The van der Waals surface area contributed by atoms with E-state index in [1.165, 1.54) is 6.08 Å². The van der Waals surface area contributed by atoms with Crippen molar-refractivity contribution in [3.8, 4) is 11.8 Å². The van der Waals surface area contributed by atoms with E-state index in [-0.39, 0.29) is 5.57 Å². The molecule has 2 aromatic carbocycles. The third-order valence-corrected chi connectivity index (χ3v) is 4.38. The highest BCUT2D eigenvalue weighted by Gasteiger charge is 2.12. The normalized spacial score (nSPS) is 10.9. The average molecular weight is 453 g/mol. The van der Waals surface area contributed by atoms with Gasteiger partial charge in [0, 0.05) is 10.7 Å². The number of amides is 1. The van der Waals surface area contributed by atoms with Crippen LogP contribution in [-0.4, -0.2) is 13.0 Å². The van der Waals surface area contributed by atoms with E-state index in [1.807, 2.05) is 19.1 Å². The molecule has 0 bridgehead atoms. The molecule has 0 aromatic heterocycles. The maximum atomic E-state index is 12.3. The number of carbonyl (C=O) groups is 1. The fourth-order valence-corrected chi connectivity index (χ4v) is 2.94. The number of benzene rings is 2. The number of nitrogens with zero attached hydrogens (tertiary/aromatic N) is 1. The predicted molar refractivity (Wildman–Crippen MR) is 104 cm³/mol. The standard InChI is InChI=1S/C18H14ClIN2O2/c1-11-3-5-14(19)9-16(11)22-18(23)13(10-21)7-12-4-6-17(24-2)15(20)8-12/h3-9H,1-2H3,(H,22,23)/b13-7+. The molecule has 2 aromatic rings. The molecule has 0 saturated carbocycles. The summed E-state index contributed by atoms with van der Waals surface area (Å²) >= 11 is 8.08. The number of hydrogen-bond acceptors (Lipinski definition) is 3. The van der Waals surface area contributed by atoms with E-state index < -0.39 is 5.91 Å². The summed E-state index contributed by atoms with van der Waals surface area (Å²) in [6.45, 7) is 1.85. The zero-order valence-electron chi connectivity index (χ0n) is 13.1. The number of carbonyl (C=O) groups excluding carboxylic acids is 1. The van der Waals surface area contributed by atoms with Crippen LogP contribution in [0.25, 0.3) is 6.08 Å². The lowest BCUT2D eigenvalue weighted by Gasteiger charge is -2.08. The number of aryl methyl sites for hydroxylation is 1. The largest absolute Gasteiger partial charge is 0.496 e. The Kier molecular flexibility index (Phi) is 6.23. The fraction of sp³-hybridized carbons (Fsp3) is 0.111. The van der Waals surface area contributed by atoms with Crippen LogP contribution < -0.4 is 10.1 Å². The Morgan fingerprint density at radius 2 is 2.08 bits per heavy atom. The summed E-state index contributed by atoms with van der Waals surface area (Å²) in [4.78, 5) is 12.3. The first-order valence-corrected chi connectivity index (χ1v) is 8.43. The summed E-state index contributed by atoms with van der Waals surface area (Å²) in [7, 11) is 1.59. The molecule has 0 aliphatic carbocycles. The molecule has 0 spiro atoms. The van der Waals surface area contributed by atoms with Gasteiger partial charge >= 0.3 is 0 Å². The van der Waals surface area contributed by atoms with Crippen molar-refractivity contribution in [1.82, 2.24) is 0 Å². The lowest BCUT2D eigenvalue weighted by Crippen LogP contribution is -2.14. The minimum Gasteiger partial charge on any atom is -0.496 e. The van der Waals surface area contributed by atoms with Crippen molar-refractivity contribution >= 4 is 51.9 Å². The third-order valence-electron chi connectivity index (χ3n) is 3.30. The van der Waals surface area contributed by atoms with Crippen molar-refractivity contribution in [2.45, 2.75) is 6.92 Å². The van der Waals surface area contributed by atoms with Crippen LogP contribution in [0.1, 0.15) is 11.1 Å². The number of methoxy groups -OCH3 is 1. The van der Waals surface area contributed by atoms with Gasteiger partial charge in [-0.25, -0.2) is 0 Å². The van der Waals surface area contributed by atoms with Gasteiger partial charge < -0.3 is 10.1 Å². The van der Waals surface area contributed by atoms with Crippen LogP contribution in [0.15, 0.2) is 42.0 Å². The number of nitrogens with one attached hydrogen (secondary N) is 1. The topological polar surface area (TPSA) is 62.1 Å². The molecule has 0 aliphatic rings. The molecule has 2 rings (SSSR count). The van der Waals surface area contributed by atoms with Crippen LogP contribution in [0.5, 0.6) is 5.75 Å². The number of rotatable bonds is 4. The van der Waals surface area contributed by atoms with Gasteiger partial charge in [0.2, 0.25) is 0 Å². The minimum atomic E-state index is -0.478. The lowest BCUT2D eigenvalue weighted by atomic mass is 10.1. The van der Waals surface area contributed by atoms with Crippen molar-refractivity contribution in [2.75, 3.05) is 12.4 Å². The fourth-order valence-electron chi connectivity index (χ4n) is 2.01. The van der Waals surface area contributed by atoms with Crippen LogP contribution in [-0.2, 0) is 4.79 Å². The van der Waals surface area contributed by atoms with Crippen LogP contribution >= 0.6 is 34.2 Å². The highest BCUT2D eigenvalue weighted by Crippen LogP contribution is 2.24. The molecule has 1 N–H and O–H groups in total. The molecule has 24 heavy (non-hydrogen) atoms. The molecular formula is C18H14ClIN2O2. The average Bonchev–Trinajstić information content (AvgIpc) is 2.56. The Morgan fingerprint density at radius 3 is 2.71 bits per heavy atom. The van der Waals surface area contributed by atoms with Gasteiger partial charge in [0.1, 0.15) is 17.4 Å². The first-order chi connectivity index (χ1) is 11.4. The first kappa shape index (κ1) is 18.3. The molecule has 0 atom stereocenters. The van der Waals surface area contributed by atoms with Gasteiger partial charge in [0.15, 0.2) is 0 Å². The van der Waals surface area contributed by atoms with E-state index >= 15 is 0 Å². The summed E-state index contributed by atoms with van der Waals surface area (Å²) in [5.74, 6) is 0.263. The molecule has 0 unspecified atom stereocenters. The van der Waals surface area contributed by atoms with E-state index in [1.54, 1.807) is 37.4 Å². The number of ether oxygens (including phenoxy) is 1. The predicted octanol–water partition coefficient (Wildman–Crippen LogP) is 4.81. The summed E-state index contributed by atoms with van der Waals surface area (Å²) in [6, 6.07) is 12.6. The van der Waals surface area contributed by atoms with Crippen molar-refractivity contribution in [3.05, 3.63) is 61.7 Å². The highest BCUT2D eigenvalue weighted by atomic mass is 127. The van der Waals surface area contributed by atoms with Crippen molar-refractivity contribution in [3.63, 3.8) is 0 Å². The second-order valence-electron chi connectivity index (χ2n) is 4.98. The second-order valence-corrected chi connectivity index (χ2v) is 6.58. The molecule has 0 heterocycles. The molecule has 0 saturated heterocycles. The maximum Gasteiger partial charge on any atom is 0.266 e. The molecule has 1 amide bonds. The van der Waals surface area contributed by atoms with Crippen LogP contribution in [0.2, 0.25) is 5.02 Å². The number of nitriles is 1. The SMILES string of the molecule is COc1ccc(/C=C(\C#N)C(=O)Nc2cc(Cl)ccc2C)cc1I. The lowest BCUT2D eigenvalue weighted by molar-refractivity contribution is -0.112. The quantitative estimate of drug-likeness (QED) is 0.411. The van der Waals surface area contributed by atoms with E-state index in [0.717, 1.165) is 20.4 Å². The van der Waals surface area contributed by atoms with Gasteiger partial charge in [-0.15, -0.1) is 0 Å². The number of halogens is 2. The van der Waals surface area contributed by atoms with Gasteiger partial charge in [-0.1, -0.05) is 23.7 Å². The summed E-state index contributed by atoms with van der Waals surface area (Å²) in [5, 5.41) is 12.5. The molecule has 6 heteroatoms. The van der Waals surface area contributed by atoms with Gasteiger partial charge in [-0.2, -0.15) is 5.26 Å². The maximum absolute atomic E-state index is 12.3. The second kappa shape index (κ2) is 8.18. The third kappa shape index (κ3) is 4.49. The zero-order chi connectivity index (χ0) is 17.7. The van der Waals surface area contributed by atoms with E-state index in [0.29, 0.717) is 10.7 Å². The molecule has 0 fully saturated rings. The Morgan fingerprint density at radius 1 is 1.33 bits per heavy atom. The van der Waals surface area contributed by atoms with Crippen LogP contribution in [0, 0.1) is 21.8 Å². The van der Waals surface area contributed by atoms with E-state index in [9.17, 15) is 10.1 Å². The van der Waals surface area contributed by atoms with Crippen LogP contribution in [0.4, 0.5) is 5.69 Å². The Hall–Kier alpha value is -2.04. The smallest absolute Gasteiger partial charge is 0.266 e. The number of hydrogen-bond donors (Lipinski definition) is 1.